The van der Waals surface area contributed by atoms with Crippen molar-refractivity contribution in [2.45, 2.75) is 51.7 Å². The zero-order valence-electron chi connectivity index (χ0n) is 22.9. The van der Waals surface area contributed by atoms with Crippen LogP contribution >= 0.6 is 0 Å². The van der Waals surface area contributed by atoms with Gasteiger partial charge >= 0.3 is 11.9 Å². The van der Waals surface area contributed by atoms with Gasteiger partial charge in [-0.2, -0.15) is 0 Å². The molecule has 3 aromatic carbocycles. The van der Waals surface area contributed by atoms with Gasteiger partial charge in [0.05, 0.1) is 11.1 Å². The quantitative estimate of drug-likeness (QED) is 0.348. The molecule has 2 aliphatic carbocycles. The van der Waals surface area contributed by atoms with Crippen LogP contribution in [0.3, 0.4) is 0 Å². The Morgan fingerprint density at radius 3 is 2.13 bits per heavy atom. The largest absolute Gasteiger partial charge is 0.454 e. The van der Waals surface area contributed by atoms with Crippen LogP contribution in [0.5, 0.6) is 0 Å². The number of ether oxygens (including phenoxy) is 2. The van der Waals surface area contributed by atoms with E-state index in [1.54, 1.807) is 19.2 Å². The molecule has 5 rings (SSSR count). The van der Waals surface area contributed by atoms with E-state index in [1.807, 2.05) is 55.5 Å². The number of nitrogens with one attached hydrogen (secondary N) is 1. The van der Waals surface area contributed by atoms with Crippen molar-refractivity contribution in [1.82, 2.24) is 0 Å². The van der Waals surface area contributed by atoms with E-state index in [2.05, 4.69) is 43.4 Å². The van der Waals surface area contributed by atoms with Crippen LogP contribution < -0.4 is 5.32 Å². The van der Waals surface area contributed by atoms with Gasteiger partial charge in [0.1, 0.15) is 6.10 Å². The molecule has 2 aliphatic rings. The monoisotopic (exact) mass is 521 g/mol. The van der Waals surface area contributed by atoms with E-state index in [0.717, 1.165) is 35.1 Å². The third-order valence-electron chi connectivity index (χ3n) is 8.05. The van der Waals surface area contributed by atoms with E-state index < -0.39 is 24.1 Å². The molecule has 5 nitrogen and oxygen atoms in total. The highest BCUT2D eigenvalue weighted by molar-refractivity contribution is 5.96. The summed E-state index contributed by atoms with van der Waals surface area (Å²) in [4.78, 5) is 27.3. The molecule has 39 heavy (non-hydrogen) atoms. The first kappa shape index (κ1) is 26.5. The fraction of sp³-hybridized carbons (Fsp3) is 0.294. The van der Waals surface area contributed by atoms with E-state index in [9.17, 15) is 9.59 Å². The highest BCUT2D eigenvalue weighted by atomic mass is 16.6. The van der Waals surface area contributed by atoms with Crippen molar-refractivity contribution in [2.24, 2.45) is 5.92 Å². The lowest BCUT2D eigenvalue weighted by Gasteiger charge is -2.44. The molecule has 5 heteroatoms. The smallest absolute Gasteiger partial charge is 0.340 e. The maximum atomic E-state index is 13.7. The molecule has 0 spiro atoms. The maximum Gasteiger partial charge on any atom is 0.340 e. The zero-order chi connectivity index (χ0) is 27.5. The summed E-state index contributed by atoms with van der Waals surface area (Å²) < 4.78 is 12.7. The lowest BCUT2D eigenvalue weighted by molar-refractivity contribution is -0.0594. The lowest BCUT2D eigenvalue weighted by Crippen LogP contribution is -2.48. The fourth-order valence-electron chi connectivity index (χ4n) is 5.99. The minimum absolute atomic E-state index is 0.155. The van der Waals surface area contributed by atoms with E-state index >= 15 is 0 Å². The second-order valence-electron chi connectivity index (χ2n) is 10.4. The number of para-hydroxylation sites is 1. The summed E-state index contributed by atoms with van der Waals surface area (Å²) in [6.45, 7) is 6.05. The molecule has 4 atom stereocenters. The number of anilines is 1. The van der Waals surface area contributed by atoms with Crippen molar-refractivity contribution in [2.75, 3.05) is 12.4 Å². The van der Waals surface area contributed by atoms with Gasteiger partial charge in [0.25, 0.3) is 0 Å². The first-order valence-electron chi connectivity index (χ1n) is 13.6. The summed E-state index contributed by atoms with van der Waals surface area (Å²) in [5.41, 5.74) is 7.11. The van der Waals surface area contributed by atoms with Crippen LogP contribution in [-0.2, 0) is 9.47 Å². The predicted octanol–water partition coefficient (Wildman–Crippen LogP) is 7.18. The number of allylic oxidation sites excluding steroid dienone is 2. The first-order chi connectivity index (χ1) is 18.9. The lowest BCUT2D eigenvalue weighted by atomic mass is 9.67. The number of carbonyl (C=O) groups is 2. The molecule has 3 aromatic rings. The zero-order valence-corrected chi connectivity index (χ0v) is 22.9. The van der Waals surface area contributed by atoms with Crippen LogP contribution in [0.1, 0.15) is 63.1 Å². The molecular weight excluding hydrogens is 486 g/mol. The minimum Gasteiger partial charge on any atom is -0.454 e. The van der Waals surface area contributed by atoms with E-state index in [4.69, 9.17) is 9.47 Å². The Kier molecular flexibility index (Phi) is 7.69. The van der Waals surface area contributed by atoms with Crippen LogP contribution in [0.2, 0.25) is 0 Å². The Hall–Kier alpha value is -4.12. The molecule has 0 heterocycles. The third-order valence-corrected chi connectivity index (χ3v) is 8.05. The summed E-state index contributed by atoms with van der Waals surface area (Å²) in [7, 11) is 1.78. The molecule has 0 bridgehead atoms. The fourth-order valence-corrected chi connectivity index (χ4v) is 5.99. The van der Waals surface area contributed by atoms with Crippen molar-refractivity contribution in [3.8, 4) is 0 Å². The minimum atomic E-state index is -0.691. The summed E-state index contributed by atoms with van der Waals surface area (Å²) in [6, 6.07) is 22.9. The second-order valence-corrected chi connectivity index (χ2v) is 10.4. The van der Waals surface area contributed by atoms with Gasteiger partial charge in [-0.25, -0.2) is 9.59 Å². The van der Waals surface area contributed by atoms with Crippen LogP contribution in [-0.4, -0.2) is 31.2 Å². The first-order valence-corrected chi connectivity index (χ1v) is 13.6. The van der Waals surface area contributed by atoms with Crippen LogP contribution in [0.15, 0.2) is 96.1 Å². The van der Waals surface area contributed by atoms with Gasteiger partial charge in [-0.05, 0) is 67.2 Å². The van der Waals surface area contributed by atoms with Gasteiger partial charge in [0.2, 0.25) is 0 Å². The normalized spacial score (nSPS) is 22.2. The third kappa shape index (κ3) is 5.14. The summed E-state index contributed by atoms with van der Waals surface area (Å²) in [5, 5.41) is 3.08. The molecular formula is C34H35NO4. The number of carbonyl (C=O) groups excluding carboxylic acids is 2. The molecule has 200 valence electrons. The summed E-state index contributed by atoms with van der Waals surface area (Å²) in [5.74, 6) is -1.23. The molecule has 0 saturated carbocycles. The summed E-state index contributed by atoms with van der Waals surface area (Å²) in [6.07, 6.45) is 4.77. The number of hydrogen-bond donors (Lipinski definition) is 1. The molecule has 0 aliphatic heterocycles. The average Bonchev–Trinajstić information content (AvgIpc) is 2.96. The Morgan fingerprint density at radius 1 is 0.795 bits per heavy atom. The number of hydrogen-bond acceptors (Lipinski definition) is 5. The van der Waals surface area contributed by atoms with E-state index in [1.165, 1.54) is 5.57 Å². The van der Waals surface area contributed by atoms with Crippen molar-refractivity contribution >= 4 is 17.6 Å². The average molecular weight is 522 g/mol. The molecule has 1 N–H and O–H groups in total. The van der Waals surface area contributed by atoms with Gasteiger partial charge in [0, 0.05) is 24.6 Å². The standard InChI is InChI=1S/C34H35NO4/c1-21-13-5-7-15-24(21)30-27-18-10-9-17-26(27)23(3)31(38-34(37)28-19-11-12-20-29(28)35-4)32(30)39-33(36)25-16-8-6-14-22(25)2/h5-9,11-17,19-20,23,30-32,35H,10,18H2,1-4H3. The molecule has 0 aromatic heterocycles. The van der Waals surface area contributed by atoms with Gasteiger partial charge < -0.3 is 14.8 Å². The van der Waals surface area contributed by atoms with Crippen LogP contribution in [0, 0.1) is 19.8 Å². The second kappa shape index (κ2) is 11.3. The maximum absolute atomic E-state index is 13.7. The molecule has 4 unspecified atom stereocenters. The highest BCUT2D eigenvalue weighted by Crippen LogP contribution is 2.48. The Labute approximate surface area is 230 Å². The molecule has 0 saturated heterocycles. The Bertz CT molecular complexity index is 1450. The van der Waals surface area contributed by atoms with Crippen molar-refractivity contribution < 1.29 is 19.1 Å². The predicted molar refractivity (Wildman–Crippen MR) is 154 cm³/mol. The number of rotatable bonds is 6. The van der Waals surface area contributed by atoms with Gasteiger partial charge in [-0.15, -0.1) is 0 Å². The van der Waals surface area contributed by atoms with E-state index in [0.29, 0.717) is 16.8 Å². The van der Waals surface area contributed by atoms with Gasteiger partial charge in [0.15, 0.2) is 6.10 Å². The molecule has 0 radical (unpaired) electrons. The van der Waals surface area contributed by atoms with Crippen LogP contribution in [0.25, 0.3) is 0 Å². The van der Waals surface area contributed by atoms with Crippen LogP contribution in [0.4, 0.5) is 5.69 Å². The number of benzene rings is 3. The van der Waals surface area contributed by atoms with Crippen molar-refractivity contribution in [3.63, 3.8) is 0 Å². The SMILES string of the molecule is CNc1ccccc1C(=O)OC1C(C)C2=C(CCC=C2)C(c2ccccc2C)C1OC(=O)c1ccccc1C. The number of aryl methyl sites for hydroxylation is 2. The van der Waals surface area contributed by atoms with Gasteiger partial charge in [-0.1, -0.05) is 79.2 Å². The molecule has 0 amide bonds. The topological polar surface area (TPSA) is 64.6 Å². The highest BCUT2D eigenvalue weighted by Gasteiger charge is 2.48. The summed E-state index contributed by atoms with van der Waals surface area (Å²) >= 11 is 0. The number of esters is 2. The van der Waals surface area contributed by atoms with Crippen molar-refractivity contribution in [1.29, 1.82) is 0 Å². The Balaban J connectivity index is 1.62. The van der Waals surface area contributed by atoms with Gasteiger partial charge in [-0.3, -0.25) is 0 Å². The van der Waals surface area contributed by atoms with E-state index in [-0.39, 0.29) is 11.8 Å². The molecule has 0 fully saturated rings. The Morgan fingerprint density at radius 2 is 1.41 bits per heavy atom. The van der Waals surface area contributed by atoms with Crippen molar-refractivity contribution in [3.05, 3.63) is 124 Å².